The molecule has 1 saturated carbocycles. The Balaban J connectivity index is 1.66. The molecule has 35 heavy (non-hydrogen) atoms. The van der Waals surface area contributed by atoms with Crippen molar-refractivity contribution in [2.75, 3.05) is 12.1 Å². The highest BCUT2D eigenvalue weighted by atomic mass is 35.5. The molecule has 0 bridgehead atoms. The maximum Gasteiger partial charge on any atom is 0.272 e. The summed E-state index contributed by atoms with van der Waals surface area (Å²) in [5.74, 6) is -0.530. The summed E-state index contributed by atoms with van der Waals surface area (Å²) in [7, 11) is 1.51. The van der Waals surface area contributed by atoms with E-state index in [2.05, 4.69) is 10.4 Å². The van der Waals surface area contributed by atoms with Crippen LogP contribution in [0.15, 0.2) is 47.1 Å². The lowest BCUT2D eigenvalue weighted by Crippen LogP contribution is -2.48. The maximum absolute atomic E-state index is 13.9. The molecule has 0 radical (unpaired) electrons. The number of primary amides is 1. The molecule has 1 aliphatic rings. The summed E-state index contributed by atoms with van der Waals surface area (Å²) < 4.78 is 11.4. The van der Waals surface area contributed by atoms with E-state index in [1.807, 2.05) is 0 Å². The number of rotatable bonds is 6. The predicted molar refractivity (Wildman–Crippen MR) is 135 cm³/mol. The number of hydrogen-bond acceptors (Lipinski definition) is 6. The van der Waals surface area contributed by atoms with Crippen molar-refractivity contribution in [3.63, 3.8) is 0 Å². The number of nitrogens with zero attached hydrogens (tertiary/aromatic N) is 2. The van der Waals surface area contributed by atoms with Crippen molar-refractivity contribution in [1.82, 2.24) is 10.4 Å². The van der Waals surface area contributed by atoms with Crippen LogP contribution in [0.2, 0.25) is 10.0 Å². The Hall–Kier alpha value is -3.33. The molecule has 3 N–H and O–H groups in total. The summed E-state index contributed by atoms with van der Waals surface area (Å²) in [4.78, 5) is 30.0. The third-order valence-corrected chi connectivity index (χ3v) is 6.79. The molecule has 0 saturated heterocycles. The van der Waals surface area contributed by atoms with Crippen molar-refractivity contribution in [2.45, 2.75) is 31.7 Å². The SMILES string of the molecule is COc1ccc(C(N)=O)c2c1oc1ccc(C(=O)N(NC3CCCC3)c3c(Cl)cncc3Cl)cc12. The van der Waals surface area contributed by atoms with Crippen LogP contribution in [0.5, 0.6) is 5.75 Å². The van der Waals surface area contributed by atoms with Crippen LogP contribution in [0.1, 0.15) is 46.4 Å². The second-order valence-corrected chi connectivity index (χ2v) is 9.21. The van der Waals surface area contributed by atoms with E-state index in [4.69, 9.17) is 38.1 Å². The van der Waals surface area contributed by atoms with E-state index >= 15 is 0 Å². The van der Waals surface area contributed by atoms with E-state index in [1.165, 1.54) is 24.5 Å². The summed E-state index contributed by atoms with van der Waals surface area (Å²) in [6, 6.07) is 8.30. The highest BCUT2D eigenvalue weighted by Crippen LogP contribution is 2.38. The molecule has 180 valence electrons. The highest BCUT2D eigenvalue weighted by Gasteiger charge is 2.28. The van der Waals surface area contributed by atoms with Gasteiger partial charge < -0.3 is 14.9 Å². The first-order valence-corrected chi connectivity index (χ1v) is 11.9. The zero-order valence-electron chi connectivity index (χ0n) is 18.8. The molecule has 5 rings (SSSR count). The number of carbonyl (C=O) groups excluding carboxylic acids is 2. The number of pyridine rings is 1. The number of methoxy groups -OCH3 is 1. The number of nitrogens with one attached hydrogen (secondary N) is 1. The van der Waals surface area contributed by atoms with Gasteiger partial charge in [0.1, 0.15) is 11.3 Å². The van der Waals surface area contributed by atoms with Crippen LogP contribution in [0, 0.1) is 0 Å². The predicted octanol–water partition coefficient (Wildman–Crippen LogP) is 5.49. The number of aromatic nitrogens is 1. The minimum absolute atomic E-state index is 0.100. The van der Waals surface area contributed by atoms with Crippen LogP contribution in [0.3, 0.4) is 0 Å². The normalized spacial score (nSPS) is 14.0. The van der Waals surface area contributed by atoms with Gasteiger partial charge in [0.2, 0.25) is 5.91 Å². The number of amides is 2. The molecule has 0 unspecified atom stereocenters. The molecule has 10 heteroatoms. The lowest BCUT2D eigenvalue weighted by molar-refractivity contribution is 0.0967. The number of hydrogen-bond donors (Lipinski definition) is 2. The van der Waals surface area contributed by atoms with Crippen LogP contribution < -0.4 is 20.9 Å². The number of furan rings is 1. The van der Waals surface area contributed by atoms with E-state index in [9.17, 15) is 9.59 Å². The van der Waals surface area contributed by atoms with Crippen molar-refractivity contribution in [3.05, 3.63) is 63.9 Å². The summed E-state index contributed by atoms with van der Waals surface area (Å²) in [5, 5.41) is 2.92. The molecular weight excluding hydrogens is 491 g/mol. The number of benzene rings is 2. The van der Waals surface area contributed by atoms with Crippen LogP contribution in [0.25, 0.3) is 21.9 Å². The minimum atomic E-state index is -0.614. The minimum Gasteiger partial charge on any atom is -0.493 e. The molecule has 1 fully saturated rings. The van der Waals surface area contributed by atoms with Gasteiger partial charge in [0, 0.05) is 34.8 Å². The van der Waals surface area contributed by atoms with Crippen molar-refractivity contribution >= 4 is 62.6 Å². The molecular formula is C25H22Cl2N4O4. The Bertz CT molecular complexity index is 1440. The van der Waals surface area contributed by atoms with E-state index < -0.39 is 5.91 Å². The van der Waals surface area contributed by atoms with Crippen LogP contribution in [-0.4, -0.2) is 29.9 Å². The van der Waals surface area contributed by atoms with Gasteiger partial charge in [-0.3, -0.25) is 14.6 Å². The third-order valence-electron chi connectivity index (χ3n) is 6.24. The Labute approximate surface area is 210 Å². The van der Waals surface area contributed by atoms with Crippen molar-refractivity contribution < 1.29 is 18.7 Å². The Morgan fingerprint density at radius 2 is 1.86 bits per heavy atom. The molecule has 8 nitrogen and oxygen atoms in total. The number of fused-ring (bicyclic) bond motifs is 3. The molecule has 0 aliphatic heterocycles. The van der Waals surface area contributed by atoms with E-state index in [1.54, 1.807) is 30.3 Å². The van der Waals surface area contributed by atoms with E-state index in [0.717, 1.165) is 25.7 Å². The van der Waals surface area contributed by atoms with Gasteiger partial charge in [0.05, 0.1) is 22.7 Å². The average Bonchev–Trinajstić information content (AvgIpc) is 3.49. The largest absolute Gasteiger partial charge is 0.493 e. The lowest BCUT2D eigenvalue weighted by atomic mass is 10.0. The summed E-state index contributed by atoms with van der Waals surface area (Å²) in [6.07, 6.45) is 6.88. The number of ether oxygens (including phenoxy) is 1. The van der Waals surface area contributed by atoms with Gasteiger partial charge in [0.15, 0.2) is 11.3 Å². The zero-order valence-corrected chi connectivity index (χ0v) is 20.3. The molecule has 0 spiro atoms. The van der Waals surface area contributed by atoms with Crippen LogP contribution >= 0.6 is 23.2 Å². The molecule has 2 heterocycles. The van der Waals surface area contributed by atoms with E-state index in [0.29, 0.717) is 38.9 Å². The summed E-state index contributed by atoms with van der Waals surface area (Å²) >= 11 is 12.8. The maximum atomic E-state index is 13.9. The van der Waals surface area contributed by atoms with Crippen molar-refractivity contribution in [2.24, 2.45) is 5.73 Å². The molecule has 4 aromatic rings. The first-order valence-electron chi connectivity index (χ1n) is 11.1. The van der Waals surface area contributed by atoms with Gasteiger partial charge in [-0.1, -0.05) is 36.0 Å². The zero-order chi connectivity index (χ0) is 24.7. The fraction of sp³-hybridized carbons (Fsp3) is 0.240. The second-order valence-electron chi connectivity index (χ2n) is 8.40. The van der Waals surface area contributed by atoms with Gasteiger partial charge in [-0.05, 0) is 43.2 Å². The fourth-order valence-corrected chi connectivity index (χ4v) is 5.10. The molecule has 2 amide bonds. The standard InChI is InChI=1S/C25H22Cl2N4O4/c1-34-20-9-7-15(24(28)32)21-16-10-13(6-8-19(16)35-23(20)21)25(33)31(30-14-4-2-3-5-14)22-17(26)11-29-12-18(22)27/h6-12,14,30H,2-5H2,1H3,(H2,28,32). The Morgan fingerprint density at radius 1 is 1.14 bits per heavy atom. The lowest BCUT2D eigenvalue weighted by Gasteiger charge is -2.28. The first-order chi connectivity index (χ1) is 16.9. The molecule has 2 aromatic carbocycles. The Morgan fingerprint density at radius 3 is 2.51 bits per heavy atom. The number of anilines is 1. The van der Waals surface area contributed by atoms with Crippen molar-refractivity contribution in [1.29, 1.82) is 0 Å². The second kappa shape index (κ2) is 9.37. The van der Waals surface area contributed by atoms with Gasteiger partial charge in [0.25, 0.3) is 5.91 Å². The van der Waals surface area contributed by atoms with E-state index in [-0.39, 0.29) is 27.6 Å². The van der Waals surface area contributed by atoms with Gasteiger partial charge in [-0.15, -0.1) is 0 Å². The van der Waals surface area contributed by atoms with Crippen LogP contribution in [-0.2, 0) is 0 Å². The third kappa shape index (κ3) is 4.18. The topological polar surface area (TPSA) is 111 Å². The first kappa shape index (κ1) is 23.4. The van der Waals surface area contributed by atoms with Crippen molar-refractivity contribution in [3.8, 4) is 5.75 Å². The average molecular weight is 513 g/mol. The highest BCUT2D eigenvalue weighted by molar-refractivity contribution is 6.40. The smallest absolute Gasteiger partial charge is 0.272 e. The summed E-state index contributed by atoms with van der Waals surface area (Å²) in [5.41, 5.74) is 10.7. The summed E-state index contributed by atoms with van der Waals surface area (Å²) in [6.45, 7) is 0. The van der Waals surface area contributed by atoms with Gasteiger partial charge >= 0.3 is 0 Å². The Kier molecular flexibility index (Phi) is 6.27. The molecule has 2 aromatic heterocycles. The van der Waals surface area contributed by atoms with Gasteiger partial charge in [-0.25, -0.2) is 10.4 Å². The quantitative estimate of drug-likeness (QED) is 0.330. The number of halogens is 2. The molecule has 0 atom stereocenters. The number of hydrazine groups is 1. The number of nitrogens with two attached hydrogens (primary N) is 1. The molecule has 1 aliphatic carbocycles. The van der Waals surface area contributed by atoms with Crippen LogP contribution in [0.4, 0.5) is 5.69 Å². The monoisotopic (exact) mass is 512 g/mol. The van der Waals surface area contributed by atoms with Gasteiger partial charge in [-0.2, -0.15) is 0 Å². The fourth-order valence-electron chi connectivity index (χ4n) is 4.57. The number of carbonyl (C=O) groups is 2.